The van der Waals surface area contributed by atoms with Crippen LogP contribution in [0.2, 0.25) is 0 Å². The highest BCUT2D eigenvalue weighted by Gasteiger charge is 2.40. The first kappa shape index (κ1) is 11.4. The molecule has 15 heavy (non-hydrogen) atoms. The quantitative estimate of drug-likeness (QED) is 0.775. The minimum Gasteiger partial charge on any atom is -0.329 e. The average molecular weight is 210 g/mol. The summed E-state index contributed by atoms with van der Waals surface area (Å²) in [5, 5.41) is 0. The van der Waals surface area contributed by atoms with Crippen LogP contribution in [0.25, 0.3) is 0 Å². The van der Waals surface area contributed by atoms with Crippen LogP contribution >= 0.6 is 0 Å². The lowest BCUT2D eigenvalue weighted by atomic mass is 9.82. The second-order valence-corrected chi connectivity index (χ2v) is 5.54. The molecule has 0 heterocycles. The van der Waals surface area contributed by atoms with E-state index in [1.807, 2.05) is 0 Å². The molecule has 2 rings (SSSR count). The van der Waals surface area contributed by atoms with E-state index in [2.05, 4.69) is 11.9 Å². The van der Waals surface area contributed by atoms with Gasteiger partial charge in [-0.3, -0.25) is 4.90 Å². The predicted molar refractivity (Wildman–Crippen MR) is 64.9 cm³/mol. The molecule has 0 spiro atoms. The lowest BCUT2D eigenvalue weighted by Crippen LogP contribution is -2.53. The largest absolute Gasteiger partial charge is 0.329 e. The van der Waals surface area contributed by atoms with Gasteiger partial charge in [0.05, 0.1) is 0 Å². The van der Waals surface area contributed by atoms with E-state index in [4.69, 9.17) is 5.73 Å². The van der Waals surface area contributed by atoms with Crippen molar-refractivity contribution in [1.29, 1.82) is 0 Å². The Morgan fingerprint density at radius 3 is 2.07 bits per heavy atom. The maximum absolute atomic E-state index is 6.08. The van der Waals surface area contributed by atoms with Gasteiger partial charge in [0, 0.05) is 18.1 Å². The van der Waals surface area contributed by atoms with Crippen LogP contribution in [0.1, 0.15) is 57.8 Å². The number of nitrogens with two attached hydrogens (primary N) is 1. The minimum absolute atomic E-state index is 0.349. The van der Waals surface area contributed by atoms with Crippen molar-refractivity contribution >= 4 is 0 Å². The molecule has 2 nitrogen and oxygen atoms in total. The van der Waals surface area contributed by atoms with Crippen molar-refractivity contribution in [2.75, 3.05) is 13.6 Å². The van der Waals surface area contributed by atoms with E-state index in [1.54, 1.807) is 0 Å². The summed E-state index contributed by atoms with van der Waals surface area (Å²) in [6.07, 6.45) is 12.5. The van der Waals surface area contributed by atoms with E-state index in [1.165, 1.54) is 57.8 Å². The van der Waals surface area contributed by atoms with E-state index in [9.17, 15) is 0 Å². The second-order valence-electron chi connectivity index (χ2n) is 5.54. The first-order chi connectivity index (χ1) is 7.28. The Morgan fingerprint density at radius 1 is 1.07 bits per heavy atom. The molecule has 0 aromatic rings. The monoisotopic (exact) mass is 210 g/mol. The summed E-state index contributed by atoms with van der Waals surface area (Å²) in [7, 11) is 2.31. The zero-order valence-corrected chi connectivity index (χ0v) is 10.2. The Balaban J connectivity index is 2.01. The van der Waals surface area contributed by atoms with Crippen LogP contribution in [0.15, 0.2) is 0 Å². The van der Waals surface area contributed by atoms with Gasteiger partial charge in [-0.2, -0.15) is 0 Å². The van der Waals surface area contributed by atoms with Crippen molar-refractivity contribution in [2.24, 2.45) is 5.73 Å². The number of likely N-dealkylation sites (N-methyl/N-ethyl adjacent to an activating group) is 1. The Labute approximate surface area is 94.2 Å². The molecule has 2 N–H and O–H groups in total. The van der Waals surface area contributed by atoms with Gasteiger partial charge in [0.2, 0.25) is 0 Å². The van der Waals surface area contributed by atoms with E-state index < -0.39 is 0 Å². The van der Waals surface area contributed by atoms with Crippen molar-refractivity contribution in [2.45, 2.75) is 69.4 Å². The van der Waals surface area contributed by atoms with Crippen LogP contribution in [0, 0.1) is 0 Å². The Morgan fingerprint density at radius 2 is 1.60 bits per heavy atom. The molecule has 0 atom stereocenters. The third-order valence-electron chi connectivity index (χ3n) is 4.51. The molecule has 0 bridgehead atoms. The molecule has 2 aliphatic carbocycles. The highest BCUT2D eigenvalue weighted by molar-refractivity contribution is 4.98. The first-order valence-corrected chi connectivity index (χ1v) is 6.71. The Bertz CT molecular complexity index is 191. The molecule has 88 valence electrons. The van der Waals surface area contributed by atoms with Crippen LogP contribution in [-0.2, 0) is 0 Å². The summed E-state index contributed by atoms with van der Waals surface area (Å²) in [6.45, 7) is 0.861. The van der Waals surface area contributed by atoms with Crippen LogP contribution in [0.5, 0.6) is 0 Å². The maximum Gasteiger partial charge on any atom is 0.0331 e. The first-order valence-electron chi connectivity index (χ1n) is 6.71. The molecular weight excluding hydrogens is 184 g/mol. The highest BCUT2D eigenvalue weighted by Crippen LogP contribution is 2.37. The molecule has 0 saturated heterocycles. The average Bonchev–Trinajstić information content (AvgIpc) is 3.01. The fraction of sp³-hybridized carbons (Fsp3) is 1.00. The van der Waals surface area contributed by atoms with Crippen LogP contribution in [-0.4, -0.2) is 30.1 Å². The Kier molecular flexibility index (Phi) is 3.68. The molecule has 0 aromatic heterocycles. The zero-order chi connectivity index (χ0) is 10.7. The maximum atomic E-state index is 6.08. The molecule has 2 saturated carbocycles. The standard InChI is InChI=1S/C13H26N2/c1-15(12-7-8-12)13(11-14)9-5-3-2-4-6-10-13/h12H,2-11,14H2,1H3. The van der Waals surface area contributed by atoms with E-state index in [0.29, 0.717) is 5.54 Å². The van der Waals surface area contributed by atoms with Crippen molar-refractivity contribution in [3.05, 3.63) is 0 Å². The zero-order valence-electron chi connectivity index (χ0n) is 10.2. The summed E-state index contributed by atoms with van der Waals surface area (Å²) in [5.74, 6) is 0. The normalized spacial score (nSPS) is 27.4. The summed E-state index contributed by atoms with van der Waals surface area (Å²) in [5.41, 5.74) is 6.43. The van der Waals surface area contributed by atoms with E-state index in [-0.39, 0.29) is 0 Å². The third-order valence-corrected chi connectivity index (χ3v) is 4.51. The van der Waals surface area contributed by atoms with Crippen molar-refractivity contribution in [1.82, 2.24) is 4.90 Å². The lowest BCUT2D eigenvalue weighted by molar-refractivity contribution is 0.0861. The van der Waals surface area contributed by atoms with Crippen LogP contribution in [0.4, 0.5) is 0 Å². The summed E-state index contributed by atoms with van der Waals surface area (Å²) < 4.78 is 0. The van der Waals surface area contributed by atoms with Crippen LogP contribution < -0.4 is 5.73 Å². The fourth-order valence-corrected chi connectivity index (χ4v) is 3.11. The van der Waals surface area contributed by atoms with Gasteiger partial charge >= 0.3 is 0 Å². The predicted octanol–water partition coefficient (Wildman–Crippen LogP) is 2.52. The topological polar surface area (TPSA) is 29.3 Å². The van der Waals surface area contributed by atoms with Gasteiger partial charge in [0.1, 0.15) is 0 Å². The molecule has 0 aromatic carbocycles. The van der Waals surface area contributed by atoms with Crippen molar-refractivity contribution < 1.29 is 0 Å². The molecule has 0 unspecified atom stereocenters. The van der Waals surface area contributed by atoms with Gasteiger partial charge in [0.15, 0.2) is 0 Å². The number of hydrogen-bond acceptors (Lipinski definition) is 2. The smallest absolute Gasteiger partial charge is 0.0331 e. The van der Waals surface area contributed by atoms with Gasteiger partial charge in [-0.25, -0.2) is 0 Å². The molecule has 2 heteroatoms. The van der Waals surface area contributed by atoms with Crippen molar-refractivity contribution in [3.8, 4) is 0 Å². The summed E-state index contributed by atoms with van der Waals surface area (Å²) >= 11 is 0. The fourth-order valence-electron chi connectivity index (χ4n) is 3.11. The number of rotatable bonds is 3. The van der Waals surface area contributed by atoms with Crippen molar-refractivity contribution in [3.63, 3.8) is 0 Å². The van der Waals surface area contributed by atoms with Gasteiger partial charge in [0.25, 0.3) is 0 Å². The summed E-state index contributed by atoms with van der Waals surface area (Å²) in [6, 6.07) is 0.855. The van der Waals surface area contributed by atoms with Gasteiger partial charge in [-0.1, -0.05) is 32.1 Å². The third kappa shape index (κ3) is 2.54. The molecule has 2 fully saturated rings. The van der Waals surface area contributed by atoms with E-state index >= 15 is 0 Å². The van der Waals surface area contributed by atoms with E-state index in [0.717, 1.165) is 12.6 Å². The number of hydrogen-bond donors (Lipinski definition) is 1. The van der Waals surface area contributed by atoms with Gasteiger partial charge in [-0.15, -0.1) is 0 Å². The van der Waals surface area contributed by atoms with Crippen LogP contribution in [0.3, 0.4) is 0 Å². The number of nitrogens with zero attached hydrogens (tertiary/aromatic N) is 1. The molecule has 2 aliphatic rings. The lowest BCUT2D eigenvalue weighted by Gasteiger charge is -2.43. The highest BCUT2D eigenvalue weighted by atomic mass is 15.2. The van der Waals surface area contributed by atoms with Gasteiger partial charge < -0.3 is 5.73 Å². The molecule has 0 radical (unpaired) electrons. The SMILES string of the molecule is CN(C1CC1)C1(CN)CCCCCCC1. The minimum atomic E-state index is 0.349. The second kappa shape index (κ2) is 4.84. The van der Waals surface area contributed by atoms with Gasteiger partial charge in [-0.05, 0) is 32.7 Å². The molecular formula is C13H26N2. The summed E-state index contributed by atoms with van der Waals surface area (Å²) in [4.78, 5) is 2.62. The molecule has 0 aliphatic heterocycles. The Hall–Kier alpha value is -0.0800. The molecule has 0 amide bonds.